The second kappa shape index (κ2) is 9.79. The number of nitrogens with zero attached hydrogens (tertiary/aromatic N) is 3. The number of furan rings is 1. The van der Waals surface area contributed by atoms with Crippen molar-refractivity contribution in [2.24, 2.45) is 5.41 Å². The lowest BCUT2D eigenvalue weighted by Gasteiger charge is -2.31. The summed E-state index contributed by atoms with van der Waals surface area (Å²) in [5, 5.41) is 10.3. The molecule has 1 spiro atoms. The Labute approximate surface area is 180 Å². The average Bonchev–Trinajstić information content (AvgIpc) is 3.44. The van der Waals surface area contributed by atoms with E-state index in [-0.39, 0.29) is 11.3 Å². The van der Waals surface area contributed by atoms with Gasteiger partial charge in [0.2, 0.25) is 0 Å². The van der Waals surface area contributed by atoms with Gasteiger partial charge in [-0.2, -0.15) is 13.2 Å². The fraction of sp³-hybridized carbons (Fsp3) is 0.526. The molecule has 1 atom stereocenters. The SMILES string of the molecule is O=C(O)C(F)(F)F.O=C(c1ccco1)N1CCOCC2(CCN(Cc3nccs3)C2)C1. The van der Waals surface area contributed by atoms with E-state index in [1.54, 1.807) is 29.7 Å². The van der Waals surface area contributed by atoms with E-state index < -0.39 is 12.1 Å². The number of likely N-dealkylation sites (tertiary alicyclic amines) is 1. The van der Waals surface area contributed by atoms with Gasteiger partial charge in [0.05, 0.1) is 26.0 Å². The molecule has 2 aromatic rings. The third kappa shape index (κ3) is 6.28. The van der Waals surface area contributed by atoms with Crippen molar-refractivity contribution in [2.45, 2.75) is 19.1 Å². The second-order valence-electron chi connectivity index (χ2n) is 7.45. The van der Waals surface area contributed by atoms with Gasteiger partial charge in [0, 0.05) is 36.6 Å². The van der Waals surface area contributed by atoms with Crippen LogP contribution >= 0.6 is 11.3 Å². The number of carbonyl (C=O) groups is 2. The van der Waals surface area contributed by atoms with Crippen LogP contribution in [0.3, 0.4) is 0 Å². The molecule has 0 aromatic carbocycles. The number of thiazole rings is 1. The lowest BCUT2D eigenvalue weighted by Crippen LogP contribution is -2.43. The van der Waals surface area contributed by atoms with Crippen LogP contribution in [0.15, 0.2) is 34.4 Å². The summed E-state index contributed by atoms with van der Waals surface area (Å²) in [7, 11) is 0. The van der Waals surface area contributed by atoms with Crippen molar-refractivity contribution in [1.29, 1.82) is 0 Å². The molecule has 2 aromatic heterocycles. The van der Waals surface area contributed by atoms with E-state index >= 15 is 0 Å². The van der Waals surface area contributed by atoms with Gasteiger partial charge in [-0.05, 0) is 25.1 Å². The fourth-order valence-electron chi connectivity index (χ4n) is 3.65. The van der Waals surface area contributed by atoms with Crippen molar-refractivity contribution in [2.75, 3.05) is 39.4 Å². The van der Waals surface area contributed by atoms with Gasteiger partial charge in [-0.1, -0.05) is 0 Å². The smallest absolute Gasteiger partial charge is 0.475 e. The van der Waals surface area contributed by atoms with E-state index in [0.717, 1.165) is 37.6 Å². The Kier molecular flexibility index (Phi) is 7.34. The zero-order valence-electron chi connectivity index (χ0n) is 16.5. The number of carbonyl (C=O) groups excluding carboxylic acids is 1. The monoisotopic (exact) mass is 461 g/mol. The number of rotatable bonds is 3. The maximum absolute atomic E-state index is 12.6. The number of carboxylic acid groups (broad SMARTS) is 1. The molecule has 8 nitrogen and oxygen atoms in total. The van der Waals surface area contributed by atoms with E-state index in [0.29, 0.717) is 25.5 Å². The normalized spacial score (nSPS) is 22.1. The van der Waals surface area contributed by atoms with Crippen LogP contribution in [0.5, 0.6) is 0 Å². The van der Waals surface area contributed by atoms with E-state index in [4.69, 9.17) is 19.1 Å². The first-order valence-corrected chi connectivity index (χ1v) is 10.4. The van der Waals surface area contributed by atoms with Crippen LogP contribution in [0.25, 0.3) is 0 Å². The first-order chi connectivity index (χ1) is 14.7. The molecule has 1 amide bonds. The molecule has 12 heteroatoms. The number of amides is 1. The summed E-state index contributed by atoms with van der Waals surface area (Å²) in [4.78, 5) is 30.2. The first kappa shape index (κ1) is 23.2. The minimum absolute atomic E-state index is 0.00993. The number of aliphatic carboxylic acids is 1. The standard InChI is InChI=1S/C17H21N3O3S.C2HF3O2/c21-16(14-2-1-7-23-14)20-6-8-22-13-17(12-20)3-5-19(11-17)10-15-18-4-9-24-15;3-2(4,5)1(6)7/h1-2,4,7,9H,3,5-6,8,10-13H2;(H,6,7). The van der Waals surface area contributed by atoms with E-state index in [1.807, 2.05) is 16.5 Å². The molecule has 4 rings (SSSR count). The highest BCUT2D eigenvalue weighted by molar-refractivity contribution is 7.09. The van der Waals surface area contributed by atoms with Crippen LogP contribution in [0.4, 0.5) is 13.2 Å². The number of alkyl halides is 3. The van der Waals surface area contributed by atoms with Crippen molar-refractivity contribution in [3.63, 3.8) is 0 Å². The quantitative estimate of drug-likeness (QED) is 0.751. The molecule has 2 fully saturated rings. The van der Waals surface area contributed by atoms with Crippen molar-refractivity contribution < 1.29 is 37.0 Å². The summed E-state index contributed by atoms with van der Waals surface area (Å²) in [5.74, 6) is -2.39. The van der Waals surface area contributed by atoms with E-state index in [2.05, 4.69) is 9.88 Å². The maximum Gasteiger partial charge on any atom is 0.490 e. The predicted octanol–water partition coefficient (Wildman–Crippen LogP) is 2.73. The lowest BCUT2D eigenvalue weighted by molar-refractivity contribution is -0.192. The number of ether oxygens (including phenoxy) is 1. The van der Waals surface area contributed by atoms with Gasteiger partial charge in [0.15, 0.2) is 5.76 Å². The third-order valence-corrected chi connectivity index (χ3v) is 5.83. The Morgan fingerprint density at radius 2 is 2.06 bits per heavy atom. The van der Waals surface area contributed by atoms with Crippen LogP contribution in [0.1, 0.15) is 22.0 Å². The number of aromatic nitrogens is 1. The largest absolute Gasteiger partial charge is 0.490 e. The van der Waals surface area contributed by atoms with E-state index in [1.165, 1.54) is 0 Å². The van der Waals surface area contributed by atoms with Crippen molar-refractivity contribution in [3.05, 3.63) is 40.7 Å². The van der Waals surface area contributed by atoms with Crippen molar-refractivity contribution in [3.8, 4) is 0 Å². The molecular weight excluding hydrogens is 439 g/mol. The Morgan fingerprint density at radius 1 is 1.29 bits per heavy atom. The van der Waals surface area contributed by atoms with Crippen molar-refractivity contribution in [1.82, 2.24) is 14.8 Å². The van der Waals surface area contributed by atoms with Gasteiger partial charge in [-0.25, -0.2) is 9.78 Å². The van der Waals surface area contributed by atoms with Gasteiger partial charge in [0.1, 0.15) is 5.01 Å². The highest BCUT2D eigenvalue weighted by Gasteiger charge is 2.42. The number of halogens is 3. The molecule has 1 unspecified atom stereocenters. The first-order valence-electron chi connectivity index (χ1n) is 9.50. The van der Waals surface area contributed by atoms with Gasteiger partial charge < -0.3 is 19.2 Å². The molecule has 0 aliphatic carbocycles. The topological polar surface area (TPSA) is 96.1 Å². The molecule has 2 aliphatic rings. The molecular formula is C19H22F3N3O5S. The summed E-state index contributed by atoms with van der Waals surface area (Å²) in [6.45, 7) is 5.48. The number of carboxylic acids is 1. The van der Waals surface area contributed by atoms with Crippen LogP contribution in [0.2, 0.25) is 0 Å². The lowest BCUT2D eigenvalue weighted by atomic mass is 9.87. The molecule has 170 valence electrons. The highest BCUT2D eigenvalue weighted by atomic mass is 32.1. The molecule has 2 saturated heterocycles. The molecule has 0 radical (unpaired) electrons. The molecule has 4 heterocycles. The van der Waals surface area contributed by atoms with Gasteiger partial charge >= 0.3 is 12.1 Å². The Morgan fingerprint density at radius 3 is 2.68 bits per heavy atom. The Bertz CT molecular complexity index is 860. The zero-order valence-corrected chi connectivity index (χ0v) is 17.3. The molecule has 31 heavy (non-hydrogen) atoms. The number of hydrogen-bond donors (Lipinski definition) is 1. The predicted molar refractivity (Wildman–Crippen MR) is 104 cm³/mol. The minimum Gasteiger partial charge on any atom is -0.475 e. The summed E-state index contributed by atoms with van der Waals surface area (Å²) in [6, 6.07) is 3.48. The Hall–Kier alpha value is -2.44. The summed E-state index contributed by atoms with van der Waals surface area (Å²) in [5.41, 5.74) is 0.00993. The summed E-state index contributed by atoms with van der Waals surface area (Å²) in [6.07, 6.45) is -0.646. The van der Waals surface area contributed by atoms with Crippen LogP contribution in [-0.2, 0) is 16.1 Å². The van der Waals surface area contributed by atoms with Crippen molar-refractivity contribution >= 4 is 23.2 Å². The van der Waals surface area contributed by atoms with E-state index in [9.17, 15) is 18.0 Å². The van der Waals surface area contributed by atoms with Gasteiger partial charge in [-0.3, -0.25) is 9.69 Å². The summed E-state index contributed by atoms with van der Waals surface area (Å²) >= 11 is 1.69. The van der Waals surface area contributed by atoms with Crippen LogP contribution in [0, 0.1) is 5.41 Å². The molecule has 0 saturated carbocycles. The second-order valence-corrected chi connectivity index (χ2v) is 8.43. The summed E-state index contributed by atoms with van der Waals surface area (Å²) < 4.78 is 42.9. The van der Waals surface area contributed by atoms with Crippen LogP contribution in [-0.4, -0.2) is 77.3 Å². The average molecular weight is 461 g/mol. The van der Waals surface area contributed by atoms with Crippen LogP contribution < -0.4 is 0 Å². The molecule has 1 N–H and O–H groups in total. The third-order valence-electron chi connectivity index (χ3n) is 5.06. The highest BCUT2D eigenvalue weighted by Crippen LogP contribution is 2.34. The Balaban J connectivity index is 0.000000339. The molecule has 2 aliphatic heterocycles. The molecule has 0 bridgehead atoms. The minimum atomic E-state index is -5.08. The number of hydrogen-bond acceptors (Lipinski definition) is 7. The van der Waals surface area contributed by atoms with Gasteiger partial charge in [-0.15, -0.1) is 11.3 Å². The van der Waals surface area contributed by atoms with Gasteiger partial charge in [0.25, 0.3) is 5.91 Å². The maximum atomic E-state index is 12.6. The fourth-order valence-corrected chi connectivity index (χ4v) is 4.31. The zero-order chi connectivity index (χ0) is 22.5.